The molecule has 2 amide bonds. The molecule has 0 saturated carbocycles. The molecule has 1 fully saturated rings. The van der Waals surface area contributed by atoms with Gasteiger partial charge in [-0.15, -0.1) is 0 Å². The molecule has 0 aromatic heterocycles. The van der Waals surface area contributed by atoms with Crippen molar-refractivity contribution < 1.29 is 18.0 Å². The summed E-state index contributed by atoms with van der Waals surface area (Å²) in [5.74, 6) is 0.150. The summed E-state index contributed by atoms with van der Waals surface area (Å²) in [6.07, 6.45) is 2.89. The Morgan fingerprint density at radius 1 is 1.25 bits per heavy atom. The Bertz CT molecular complexity index is 778. The van der Waals surface area contributed by atoms with Crippen molar-refractivity contribution in [2.24, 2.45) is 11.1 Å². The lowest BCUT2D eigenvalue weighted by Gasteiger charge is -2.33. The molecule has 1 saturated heterocycles. The standard InChI is InChI=1S/C19H30N4O4S/c1-22(2)19(25)16-4-3-12-23(14-16)13-10-18(24)21-11-9-15-5-7-17(8-6-15)28(20,26)27/h5-8,16H,3-4,9-14H2,1-2H3,(H,21,24)(H2,20,26,27). The van der Waals surface area contributed by atoms with Crippen LogP contribution in [0.4, 0.5) is 0 Å². The highest BCUT2D eigenvalue weighted by atomic mass is 32.2. The highest BCUT2D eigenvalue weighted by Crippen LogP contribution is 2.18. The average Bonchev–Trinajstić information content (AvgIpc) is 2.65. The molecule has 1 atom stereocenters. The number of carbonyl (C=O) groups is 2. The van der Waals surface area contributed by atoms with Crippen LogP contribution in [0.1, 0.15) is 24.8 Å². The van der Waals surface area contributed by atoms with Crippen molar-refractivity contribution in [1.29, 1.82) is 0 Å². The molecule has 9 heteroatoms. The lowest BCUT2D eigenvalue weighted by molar-refractivity contribution is -0.134. The molecule has 1 heterocycles. The number of nitrogens with two attached hydrogens (primary N) is 1. The molecular formula is C19H30N4O4S. The maximum atomic E-state index is 12.1. The van der Waals surface area contributed by atoms with Gasteiger partial charge in [0.25, 0.3) is 0 Å². The van der Waals surface area contributed by atoms with Crippen LogP contribution in [-0.4, -0.2) is 70.3 Å². The Balaban J connectivity index is 1.69. The van der Waals surface area contributed by atoms with Gasteiger partial charge in [-0.2, -0.15) is 0 Å². The number of likely N-dealkylation sites (tertiary alicyclic amines) is 1. The zero-order chi connectivity index (χ0) is 20.7. The molecule has 0 bridgehead atoms. The molecule has 0 aliphatic carbocycles. The van der Waals surface area contributed by atoms with E-state index in [1.165, 1.54) is 12.1 Å². The Hall–Kier alpha value is -1.97. The Morgan fingerprint density at radius 3 is 2.54 bits per heavy atom. The van der Waals surface area contributed by atoms with Crippen molar-refractivity contribution in [2.45, 2.75) is 30.6 Å². The van der Waals surface area contributed by atoms with Crippen LogP contribution < -0.4 is 10.5 Å². The molecule has 0 radical (unpaired) electrons. The van der Waals surface area contributed by atoms with E-state index < -0.39 is 10.0 Å². The summed E-state index contributed by atoms with van der Waals surface area (Å²) in [7, 11) is -0.134. The van der Waals surface area contributed by atoms with Crippen LogP contribution in [0, 0.1) is 5.92 Å². The van der Waals surface area contributed by atoms with Gasteiger partial charge in [-0.1, -0.05) is 12.1 Å². The molecule has 1 unspecified atom stereocenters. The van der Waals surface area contributed by atoms with E-state index in [9.17, 15) is 18.0 Å². The lowest BCUT2D eigenvalue weighted by atomic mass is 9.96. The predicted molar refractivity (Wildman–Crippen MR) is 107 cm³/mol. The van der Waals surface area contributed by atoms with Crippen LogP contribution in [0.2, 0.25) is 0 Å². The van der Waals surface area contributed by atoms with Crippen molar-refractivity contribution in [2.75, 3.05) is 40.3 Å². The second-order valence-electron chi connectivity index (χ2n) is 7.41. The molecular weight excluding hydrogens is 380 g/mol. The van der Waals surface area contributed by atoms with Crippen LogP contribution in [0.5, 0.6) is 0 Å². The fourth-order valence-electron chi connectivity index (χ4n) is 3.37. The van der Waals surface area contributed by atoms with Crippen molar-refractivity contribution in [3.05, 3.63) is 29.8 Å². The van der Waals surface area contributed by atoms with Crippen LogP contribution in [0.15, 0.2) is 29.2 Å². The summed E-state index contributed by atoms with van der Waals surface area (Å²) < 4.78 is 22.5. The van der Waals surface area contributed by atoms with Gasteiger partial charge in [-0.3, -0.25) is 9.59 Å². The third-order valence-corrected chi connectivity index (χ3v) is 5.87. The first-order valence-electron chi connectivity index (χ1n) is 9.49. The quantitative estimate of drug-likeness (QED) is 0.635. The number of carbonyl (C=O) groups excluding carboxylic acids is 2. The summed E-state index contributed by atoms with van der Waals surface area (Å²) in [6.45, 7) is 2.75. The van der Waals surface area contributed by atoms with E-state index >= 15 is 0 Å². The van der Waals surface area contributed by atoms with E-state index in [1.807, 2.05) is 0 Å². The third kappa shape index (κ3) is 6.88. The second-order valence-corrected chi connectivity index (χ2v) is 8.97. The number of primary sulfonamides is 1. The van der Waals surface area contributed by atoms with E-state index in [-0.39, 0.29) is 22.6 Å². The minimum atomic E-state index is -3.68. The van der Waals surface area contributed by atoms with E-state index in [2.05, 4.69) is 10.2 Å². The summed E-state index contributed by atoms with van der Waals surface area (Å²) in [5, 5.41) is 7.96. The van der Waals surface area contributed by atoms with Gasteiger partial charge >= 0.3 is 0 Å². The molecule has 28 heavy (non-hydrogen) atoms. The van der Waals surface area contributed by atoms with Crippen LogP contribution in [0.3, 0.4) is 0 Å². The van der Waals surface area contributed by atoms with Gasteiger partial charge in [0.05, 0.1) is 10.8 Å². The summed E-state index contributed by atoms with van der Waals surface area (Å²) >= 11 is 0. The number of hydrogen-bond acceptors (Lipinski definition) is 5. The number of sulfonamides is 1. The zero-order valence-electron chi connectivity index (χ0n) is 16.6. The molecule has 3 N–H and O–H groups in total. The first-order valence-corrected chi connectivity index (χ1v) is 11.0. The fourth-order valence-corrected chi connectivity index (χ4v) is 3.88. The highest BCUT2D eigenvalue weighted by molar-refractivity contribution is 7.89. The maximum absolute atomic E-state index is 12.1. The predicted octanol–water partition coefficient (Wildman–Crippen LogP) is 0.183. The van der Waals surface area contributed by atoms with Crippen molar-refractivity contribution in [1.82, 2.24) is 15.1 Å². The monoisotopic (exact) mass is 410 g/mol. The number of piperidine rings is 1. The summed E-state index contributed by atoms with van der Waals surface area (Å²) in [5.41, 5.74) is 0.925. The van der Waals surface area contributed by atoms with Gasteiger partial charge in [0.15, 0.2) is 0 Å². The first kappa shape index (κ1) is 22.3. The number of rotatable bonds is 8. The first-order chi connectivity index (χ1) is 13.2. The van der Waals surface area contributed by atoms with Crippen molar-refractivity contribution in [3.63, 3.8) is 0 Å². The maximum Gasteiger partial charge on any atom is 0.238 e. The van der Waals surface area contributed by atoms with E-state index in [1.54, 1.807) is 31.1 Å². The van der Waals surface area contributed by atoms with Crippen LogP contribution >= 0.6 is 0 Å². The van der Waals surface area contributed by atoms with Crippen molar-refractivity contribution >= 4 is 21.8 Å². The van der Waals surface area contributed by atoms with Gasteiger partial charge in [0.2, 0.25) is 21.8 Å². The average molecular weight is 411 g/mol. The van der Waals surface area contributed by atoms with Gasteiger partial charge in [-0.25, -0.2) is 13.6 Å². The summed E-state index contributed by atoms with van der Waals surface area (Å²) in [4.78, 5) is 28.1. The van der Waals surface area contributed by atoms with Gasteiger partial charge < -0.3 is 15.1 Å². The summed E-state index contributed by atoms with van der Waals surface area (Å²) in [6, 6.07) is 6.33. The smallest absolute Gasteiger partial charge is 0.238 e. The highest BCUT2D eigenvalue weighted by Gasteiger charge is 2.26. The number of nitrogens with zero attached hydrogens (tertiary/aromatic N) is 2. The van der Waals surface area contributed by atoms with Crippen LogP contribution in [-0.2, 0) is 26.0 Å². The molecule has 1 aromatic carbocycles. The Labute approximate surface area is 167 Å². The molecule has 1 aliphatic heterocycles. The van der Waals surface area contributed by atoms with Gasteiger partial charge in [0, 0.05) is 40.2 Å². The fraction of sp³-hybridized carbons (Fsp3) is 0.579. The van der Waals surface area contributed by atoms with E-state index in [0.717, 1.165) is 24.9 Å². The number of amides is 2. The number of hydrogen-bond donors (Lipinski definition) is 2. The Morgan fingerprint density at radius 2 is 1.93 bits per heavy atom. The zero-order valence-corrected chi connectivity index (χ0v) is 17.4. The third-order valence-electron chi connectivity index (χ3n) is 4.94. The van der Waals surface area contributed by atoms with Crippen LogP contribution in [0.25, 0.3) is 0 Å². The van der Waals surface area contributed by atoms with Gasteiger partial charge in [-0.05, 0) is 43.5 Å². The largest absolute Gasteiger partial charge is 0.356 e. The lowest BCUT2D eigenvalue weighted by Crippen LogP contribution is -2.43. The number of benzene rings is 1. The molecule has 0 spiro atoms. The molecule has 156 valence electrons. The van der Waals surface area contributed by atoms with Gasteiger partial charge in [0.1, 0.15) is 0 Å². The van der Waals surface area contributed by atoms with E-state index in [0.29, 0.717) is 32.5 Å². The topological polar surface area (TPSA) is 113 Å². The molecule has 1 aliphatic rings. The second kappa shape index (κ2) is 9.99. The Kier molecular flexibility index (Phi) is 7.97. The SMILES string of the molecule is CN(C)C(=O)C1CCCN(CCC(=O)NCCc2ccc(S(N)(=O)=O)cc2)C1. The minimum absolute atomic E-state index is 0.0205. The normalized spacial score (nSPS) is 17.9. The number of nitrogens with one attached hydrogen (secondary N) is 1. The van der Waals surface area contributed by atoms with Crippen molar-refractivity contribution in [3.8, 4) is 0 Å². The molecule has 1 aromatic rings. The molecule has 8 nitrogen and oxygen atoms in total. The minimum Gasteiger partial charge on any atom is -0.356 e. The molecule has 2 rings (SSSR count). The van der Waals surface area contributed by atoms with E-state index in [4.69, 9.17) is 5.14 Å².